The van der Waals surface area contributed by atoms with Gasteiger partial charge in [0.2, 0.25) is 0 Å². The number of fused-ring (bicyclic) bond motifs is 15. The van der Waals surface area contributed by atoms with Gasteiger partial charge < -0.3 is 13.6 Å². The predicted molar refractivity (Wildman–Crippen MR) is 200 cm³/mol. The third kappa shape index (κ3) is 3.14. The minimum absolute atomic E-state index is 0.110. The Labute approximate surface area is 276 Å². The topological polar surface area (TPSA) is 23.0 Å². The fourth-order valence-corrected chi connectivity index (χ4v) is 8.83. The van der Waals surface area contributed by atoms with Gasteiger partial charge in [0.1, 0.15) is 11.2 Å². The number of aromatic nitrogens is 2. The van der Waals surface area contributed by atoms with E-state index in [2.05, 4.69) is 169 Å². The largest absolute Gasteiger partial charge is 0.455 e. The molecule has 0 amide bonds. The molecule has 0 spiro atoms. The van der Waals surface area contributed by atoms with Gasteiger partial charge in [-0.3, -0.25) is 0 Å². The van der Waals surface area contributed by atoms with Crippen LogP contribution >= 0.6 is 0 Å². The molecule has 0 aliphatic heterocycles. The van der Waals surface area contributed by atoms with Crippen LogP contribution in [0.3, 0.4) is 0 Å². The predicted octanol–water partition coefficient (Wildman–Crippen LogP) is 12.1. The monoisotopic (exact) mass is 614 g/mol. The fourth-order valence-electron chi connectivity index (χ4n) is 8.83. The summed E-state index contributed by atoms with van der Waals surface area (Å²) in [7, 11) is 0. The number of nitrogens with zero attached hydrogens (tertiary/aromatic N) is 2. The number of hydrogen-bond donors (Lipinski definition) is 0. The van der Waals surface area contributed by atoms with Crippen molar-refractivity contribution in [3.63, 3.8) is 0 Å². The van der Waals surface area contributed by atoms with Gasteiger partial charge in [-0.25, -0.2) is 0 Å². The minimum Gasteiger partial charge on any atom is -0.455 e. The van der Waals surface area contributed by atoms with Gasteiger partial charge in [0, 0.05) is 43.7 Å². The maximum Gasteiger partial charge on any atom is 0.146 e. The average Bonchev–Trinajstić information content (AvgIpc) is 3.84. The Hall–Kier alpha value is -6.06. The van der Waals surface area contributed by atoms with Crippen LogP contribution in [0, 0.1) is 0 Å². The second-order valence-electron chi connectivity index (χ2n) is 13.7. The molecule has 0 radical (unpaired) electrons. The molecule has 7 aromatic carbocycles. The molecule has 3 nitrogen and oxygen atoms in total. The Morgan fingerprint density at radius 1 is 0.458 bits per heavy atom. The summed E-state index contributed by atoms with van der Waals surface area (Å²) in [6, 6.07) is 52.9. The van der Waals surface area contributed by atoms with E-state index in [1.807, 2.05) is 0 Å². The zero-order valence-electron chi connectivity index (χ0n) is 26.7. The summed E-state index contributed by atoms with van der Waals surface area (Å²) in [6.07, 6.45) is 0. The Balaban J connectivity index is 1.41. The maximum absolute atomic E-state index is 6.92. The second kappa shape index (κ2) is 9.05. The van der Waals surface area contributed by atoms with Crippen molar-refractivity contribution in [2.24, 2.45) is 0 Å². The number of hydrogen-bond acceptors (Lipinski definition) is 1. The zero-order valence-corrected chi connectivity index (χ0v) is 26.7. The summed E-state index contributed by atoms with van der Waals surface area (Å²) in [4.78, 5) is 0. The lowest BCUT2D eigenvalue weighted by Crippen LogP contribution is -2.15. The molecule has 0 saturated carbocycles. The molecule has 226 valence electrons. The molecule has 11 rings (SSSR count). The fraction of sp³-hybridized carbons (Fsp3) is 0.0667. The number of furan rings is 1. The lowest BCUT2D eigenvalue weighted by molar-refractivity contribution is 0.660. The van der Waals surface area contributed by atoms with Gasteiger partial charge in [-0.2, -0.15) is 0 Å². The molecule has 0 fully saturated rings. The molecule has 0 atom stereocenters. The van der Waals surface area contributed by atoms with E-state index in [4.69, 9.17) is 4.42 Å². The van der Waals surface area contributed by atoms with E-state index >= 15 is 0 Å². The van der Waals surface area contributed by atoms with Crippen LogP contribution in [-0.4, -0.2) is 9.13 Å². The van der Waals surface area contributed by atoms with Crippen LogP contribution in [0.4, 0.5) is 0 Å². The van der Waals surface area contributed by atoms with Crippen molar-refractivity contribution in [2.75, 3.05) is 0 Å². The highest BCUT2D eigenvalue weighted by atomic mass is 16.3. The summed E-state index contributed by atoms with van der Waals surface area (Å²) in [6.45, 7) is 4.72. The first-order chi connectivity index (χ1) is 23.6. The minimum atomic E-state index is -0.110. The third-order valence-electron chi connectivity index (χ3n) is 10.9. The molecule has 10 aromatic rings. The molecule has 48 heavy (non-hydrogen) atoms. The van der Waals surface area contributed by atoms with Gasteiger partial charge in [-0.05, 0) is 64.7 Å². The van der Waals surface area contributed by atoms with Gasteiger partial charge in [0.25, 0.3) is 0 Å². The quantitative estimate of drug-likeness (QED) is 0.190. The standard InChI is InChI=1S/C45H30N2O/c1-45(2)34-20-10-6-16-29(34)30-25-24-28(26-35(30)45)47-37-22-12-8-18-32(37)41-43(47)42-39(40-33-19-9-13-23-38(33)48-44(40)41)31-17-7-11-21-36(31)46(42)27-14-4-3-5-15-27/h3-26H,1-2H3. The van der Waals surface area contributed by atoms with E-state index in [0.29, 0.717) is 0 Å². The molecular weight excluding hydrogens is 585 g/mol. The smallest absolute Gasteiger partial charge is 0.146 e. The summed E-state index contributed by atoms with van der Waals surface area (Å²) in [5.41, 5.74) is 14.1. The SMILES string of the molecule is CC1(C)c2ccccc2-c2ccc(-n3c4ccccc4c4c5oc6ccccc6c5c5c6ccccc6n(-c6ccccc6)c5c43)cc21. The molecule has 0 unspecified atom stereocenters. The van der Waals surface area contributed by atoms with Crippen LogP contribution in [0.5, 0.6) is 0 Å². The van der Waals surface area contributed by atoms with Crippen LogP contribution in [0.1, 0.15) is 25.0 Å². The van der Waals surface area contributed by atoms with Crippen LogP contribution in [0.25, 0.3) is 88.1 Å². The summed E-state index contributed by atoms with van der Waals surface area (Å²) < 4.78 is 11.9. The van der Waals surface area contributed by atoms with Gasteiger partial charge >= 0.3 is 0 Å². The summed E-state index contributed by atoms with van der Waals surface area (Å²) in [5.74, 6) is 0. The Morgan fingerprint density at radius 2 is 1.04 bits per heavy atom. The van der Waals surface area contributed by atoms with Gasteiger partial charge in [-0.1, -0.05) is 117 Å². The van der Waals surface area contributed by atoms with E-state index in [9.17, 15) is 0 Å². The first-order valence-corrected chi connectivity index (χ1v) is 16.7. The molecule has 0 saturated heterocycles. The number of rotatable bonds is 2. The zero-order chi connectivity index (χ0) is 31.7. The van der Waals surface area contributed by atoms with E-state index in [1.165, 1.54) is 60.3 Å². The van der Waals surface area contributed by atoms with E-state index in [-0.39, 0.29) is 5.41 Å². The van der Waals surface area contributed by atoms with Crippen LogP contribution in [-0.2, 0) is 5.41 Å². The van der Waals surface area contributed by atoms with Crippen LogP contribution in [0.15, 0.2) is 150 Å². The van der Waals surface area contributed by atoms with Crippen molar-refractivity contribution in [3.05, 3.63) is 157 Å². The van der Waals surface area contributed by atoms with Crippen molar-refractivity contribution in [1.29, 1.82) is 0 Å². The highest BCUT2D eigenvalue weighted by Crippen LogP contribution is 2.52. The molecule has 1 aliphatic rings. The first kappa shape index (κ1) is 26.1. The van der Waals surface area contributed by atoms with Crippen molar-refractivity contribution >= 4 is 65.6 Å². The van der Waals surface area contributed by atoms with E-state index < -0.39 is 0 Å². The van der Waals surface area contributed by atoms with E-state index in [1.54, 1.807) is 0 Å². The highest BCUT2D eigenvalue weighted by molar-refractivity contribution is 6.39. The summed E-state index contributed by atoms with van der Waals surface area (Å²) in [5, 5.41) is 7.09. The first-order valence-electron chi connectivity index (χ1n) is 16.7. The molecule has 3 heteroatoms. The molecule has 3 aromatic heterocycles. The summed E-state index contributed by atoms with van der Waals surface area (Å²) >= 11 is 0. The lowest BCUT2D eigenvalue weighted by Gasteiger charge is -2.22. The van der Waals surface area contributed by atoms with Gasteiger partial charge in [-0.15, -0.1) is 0 Å². The normalized spacial score (nSPS) is 13.8. The molecular formula is C45H30N2O. The van der Waals surface area contributed by atoms with Crippen molar-refractivity contribution < 1.29 is 4.42 Å². The van der Waals surface area contributed by atoms with Crippen molar-refractivity contribution in [1.82, 2.24) is 9.13 Å². The Kier molecular flexibility index (Phi) is 4.91. The van der Waals surface area contributed by atoms with E-state index in [0.717, 1.165) is 38.8 Å². The number of benzene rings is 7. The van der Waals surface area contributed by atoms with Crippen LogP contribution in [0.2, 0.25) is 0 Å². The number of para-hydroxylation sites is 4. The van der Waals surface area contributed by atoms with Gasteiger partial charge in [0.05, 0.1) is 27.5 Å². The van der Waals surface area contributed by atoms with Crippen molar-refractivity contribution in [3.8, 4) is 22.5 Å². The molecule has 1 aliphatic carbocycles. The Bertz CT molecular complexity index is 2970. The maximum atomic E-state index is 6.92. The van der Waals surface area contributed by atoms with Crippen LogP contribution < -0.4 is 0 Å². The average molecular weight is 615 g/mol. The van der Waals surface area contributed by atoms with Crippen molar-refractivity contribution in [2.45, 2.75) is 19.3 Å². The molecule has 0 bridgehead atoms. The highest BCUT2D eigenvalue weighted by Gasteiger charge is 2.36. The lowest BCUT2D eigenvalue weighted by atomic mass is 9.82. The third-order valence-corrected chi connectivity index (χ3v) is 10.9. The van der Waals surface area contributed by atoms with Gasteiger partial charge in [0.15, 0.2) is 0 Å². The molecule has 3 heterocycles. The second-order valence-corrected chi connectivity index (χ2v) is 13.7. The molecule has 0 N–H and O–H groups in total. The Morgan fingerprint density at radius 3 is 1.83 bits per heavy atom.